The lowest BCUT2D eigenvalue weighted by atomic mass is 10.3. The Balaban J connectivity index is 1.98. The van der Waals surface area contributed by atoms with Crippen LogP contribution in [0.15, 0.2) is 0 Å². The van der Waals surface area contributed by atoms with Crippen LogP contribution in [-0.4, -0.2) is 37.7 Å². The highest BCUT2D eigenvalue weighted by molar-refractivity contribution is 5.81. The Bertz CT molecular complexity index is 215. The van der Waals surface area contributed by atoms with Crippen LogP contribution >= 0.6 is 0 Å². The Morgan fingerprint density at radius 2 is 2.06 bits per heavy atom. The molecule has 2 N–H and O–H groups in total. The zero-order chi connectivity index (χ0) is 12.5. The molecule has 100 valence electrons. The van der Waals surface area contributed by atoms with Gasteiger partial charge in [-0.2, -0.15) is 0 Å². The van der Waals surface area contributed by atoms with Crippen molar-refractivity contribution in [1.29, 1.82) is 0 Å². The van der Waals surface area contributed by atoms with E-state index in [1.165, 1.54) is 25.7 Å². The summed E-state index contributed by atoms with van der Waals surface area (Å²) < 4.78 is 5.72. The number of hydrogen-bond donors (Lipinski definition) is 2. The fourth-order valence-electron chi connectivity index (χ4n) is 2.05. The summed E-state index contributed by atoms with van der Waals surface area (Å²) >= 11 is 0. The van der Waals surface area contributed by atoms with Crippen LogP contribution < -0.4 is 10.6 Å². The number of amides is 1. The smallest absolute Gasteiger partial charge is 0.236 e. The van der Waals surface area contributed by atoms with E-state index in [0.717, 1.165) is 19.5 Å². The van der Waals surface area contributed by atoms with Crippen molar-refractivity contribution < 1.29 is 9.53 Å². The zero-order valence-electron chi connectivity index (χ0n) is 11.1. The van der Waals surface area contributed by atoms with Crippen LogP contribution in [0, 0.1) is 0 Å². The molecule has 0 heterocycles. The molecule has 1 aliphatic rings. The SMILES string of the molecule is CCCNC(=O)C(C)NCCOC1CCCC1. The first-order valence-electron chi connectivity index (χ1n) is 6.86. The quantitative estimate of drug-likeness (QED) is 0.633. The van der Waals surface area contributed by atoms with Crippen LogP contribution in [0.4, 0.5) is 0 Å². The topological polar surface area (TPSA) is 50.4 Å². The molecule has 1 aliphatic carbocycles. The summed E-state index contributed by atoms with van der Waals surface area (Å²) in [5.74, 6) is 0.0766. The molecule has 0 radical (unpaired) electrons. The van der Waals surface area contributed by atoms with Gasteiger partial charge in [-0.3, -0.25) is 4.79 Å². The van der Waals surface area contributed by atoms with E-state index in [4.69, 9.17) is 4.74 Å². The fourth-order valence-corrected chi connectivity index (χ4v) is 2.05. The summed E-state index contributed by atoms with van der Waals surface area (Å²) in [4.78, 5) is 11.5. The summed E-state index contributed by atoms with van der Waals surface area (Å²) in [6.45, 7) is 6.14. The number of ether oxygens (including phenoxy) is 1. The molecule has 1 saturated carbocycles. The van der Waals surface area contributed by atoms with Crippen molar-refractivity contribution in [3.63, 3.8) is 0 Å². The number of hydrogen-bond acceptors (Lipinski definition) is 3. The van der Waals surface area contributed by atoms with Gasteiger partial charge in [-0.15, -0.1) is 0 Å². The predicted octanol–water partition coefficient (Wildman–Crippen LogP) is 1.45. The van der Waals surface area contributed by atoms with Crippen LogP contribution in [0.5, 0.6) is 0 Å². The van der Waals surface area contributed by atoms with Gasteiger partial charge in [-0.1, -0.05) is 19.8 Å². The molecule has 1 amide bonds. The maximum atomic E-state index is 11.5. The zero-order valence-corrected chi connectivity index (χ0v) is 11.1. The summed E-state index contributed by atoms with van der Waals surface area (Å²) in [5.41, 5.74) is 0. The average Bonchev–Trinajstić information content (AvgIpc) is 2.84. The van der Waals surface area contributed by atoms with Crippen molar-refractivity contribution in [2.24, 2.45) is 0 Å². The van der Waals surface area contributed by atoms with Gasteiger partial charge >= 0.3 is 0 Å². The van der Waals surface area contributed by atoms with Gasteiger partial charge in [0.25, 0.3) is 0 Å². The van der Waals surface area contributed by atoms with Crippen molar-refractivity contribution >= 4 is 5.91 Å². The third-order valence-corrected chi connectivity index (χ3v) is 3.15. The molecule has 0 aromatic heterocycles. The summed E-state index contributed by atoms with van der Waals surface area (Å²) in [6, 6.07) is -0.131. The van der Waals surface area contributed by atoms with Gasteiger partial charge in [0.05, 0.1) is 18.8 Å². The Kier molecular flexibility index (Phi) is 7.21. The maximum Gasteiger partial charge on any atom is 0.236 e. The average molecular weight is 242 g/mol. The van der Waals surface area contributed by atoms with E-state index in [1.54, 1.807) is 0 Å². The minimum atomic E-state index is -0.131. The molecule has 4 nitrogen and oxygen atoms in total. The molecule has 1 rings (SSSR count). The van der Waals surface area contributed by atoms with E-state index in [0.29, 0.717) is 12.7 Å². The number of nitrogens with one attached hydrogen (secondary N) is 2. The Hall–Kier alpha value is -0.610. The van der Waals surface area contributed by atoms with Crippen molar-refractivity contribution in [2.75, 3.05) is 19.7 Å². The molecular formula is C13H26N2O2. The highest BCUT2D eigenvalue weighted by atomic mass is 16.5. The Morgan fingerprint density at radius 3 is 2.71 bits per heavy atom. The van der Waals surface area contributed by atoms with Crippen LogP contribution in [0.1, 0.15) is 46.0 Å². The number of carbonyl (C=O) groups excluding carboxylic acids is 1. The van der Waals surface area contributed by atoms with Crippen molar-refractivity contribution in [3.05, 3.63) is 0 Å². The number of rotatable bonds is 8. The van der Waals surface area contributed by atoms with Crippen molar-refractivity contribution in [1.82, 2.24) is 10.6 Å². The largest absolute Gasteiger partial charge is 0.377 e. The molecular weight excluding hydrogens is 216 g/mol. The second-order valence-electron chi connectivity index (χ2n) is 4.74. The van der Waals surface area contributed by atoms with E-state index < -0.39 is 0 Å². The van der Waals surface area contributed by atoms with Gasteiger partial charge < -0.3 is 15.4 Å². The lowest BCUT2D eigenvalue weighted by Crippen LogP contribution is -2.43. The van der Waals surface area contributed by atoms with Crippen LogP contribution in [0.2, 0.25) is 0 Å². The summed E-state index contributed by atoms with van der Waals surface area (Å²) in [5, 5.41) is 6.05. The first-order valence-corrected chi connectivity index (χ1v) is 6.86. The van der Waals surface area contributed by atoms with E-state index in [1.807, 2.05) is 13.8 Å². The molecule has 1 atom stereocenters. The summed E-state index contributed by atoms with van der Waals surface area (Å²) in [6.07, 6.45) is 6.44. The monoisotopic (exact) mass is 242 g/mol. The molecule has 0 aromatic rings. The molecule has 1 fully saturated rings. The second kappa shape index (κ2) is 8.48. The third-order valence-electron chi connectivity index (χ3n) is 3.15. The second-order valence-corrected chi connectivity index (χ2v) is 4.74. The van der Waals surface area contributed by atoms with Gasteiger partial charge in [0.1, 0.15) is 0 Å². The number of carbonyl (C=O) groups is 1. The normalized spacial score (nSPS) is 18.2. The Labute approximate surface area is 104 Å². The highest BCUT2D eigenvalue weighted by Gasteiger charge is 2.15. The third kappa shape index (κ3) is 6.03. The van der Waals surface area contributed by atoms with E-state index in [2.05, 4.69) is 10.6 Å². The molecule has 0 bridgehead atoms. The first-order chi connectivity index (χ1) is 8.24. The predicted molar refractivity (Wildman–Crippen MR) is 69.0 cm³/mol. The van der Waals surface area contributed by atoms with Gasteiger partial charge in [0, 0.05) is 13.1 Å². The summed E-state index contributed by atoms with van der Waals surface area (Å²) in [7, 11) is 0. The maximum absolute atomic E-state index is 11.5. The minimum absolute atomic E-state index is 0.0766. The standard InChI is InChI=1S/C13H26N2O2/c1-3-8-15-13(16)11(2)14-9-10-17-12-6-4-5-7-12/h11-12,14H,3-10H2,1-2H3,(H,15,16). The first kappa shape index (κ1) is 14.5. The van der Waals surface area contributed by atoms with E-state index >= 15 is 0 Å². The fraction of sp³-hybridized carbons (Fsp3) is 0.923. The molecule has 17 heavy (non-hydrogen) atoms. The van der Waals surface area contributed by atoms with Gasteiger partial charge in [0.15, 0.2) is 0 Å². The molecule has 1 unspecified atom stereocenters. The van der Waals surface area contributed by atoms with Crippen LogP contribution in [-0.2, 0) is 9.53 Å². The minimum Gasteiger partial charge on any atom is -0.377 e. The van der Waals surface area contributed by atoms with Gasteiger partial charge in [0.2, 0.25) is 5.91 Å². The molecule has 4 heteroatoms. The molecule has 0 aromatic carbocycles. The molecule has 0 saturated heterocycles. The van der Waals surface area contributed by atoms with Gasteiger partial charge in [-0.05, 0) is 26.2 Å². The highest BCUT2D eigenvalue weighted by Crippen LogP contribution is 2.20. The van der Waals surface area contributed by atoms with E-state index in [9.17, 15) is 4.79 Å². The van der Waals surface area contributed by atoms with Gasteiger partial charge in [-0.25, -0.2) is 0 Å². The molecule has 0 aliphatic heterocycles. The van der Waals surface area contributed by atoms with Crippen LogP contribution in [0.25, 0.3) is 0 Å². The van der Waals surface area contributed by atoms with Crippen LogP contribution in [0.3, 0.4) is 0 Å². The molecule has 0 spiro atoms. The van der Waals surface area contributed by atoms with E-state index in [-0.39, 0.29) is 11.9 Å². The lowest BCUT2D eigenvalue weighted by Gasteiger charge is -2.15. The Morgan fingerprint density at radius 1 is 1.35 bits per heavy atom. The van der Waals surface area contributed by atoms with Crippen molar-refractivity contribution in [3.8, 4) is 0 Å². The lowest BCUT2D eigenvalue weighted by molar-refractivity contribution is -0.122. The van der Waals surface area contributed by atoms with Crippen molar-refractivity contribution in [2.45, 2.75) is 58.1 Å².